The summed E-state index contributed by atoms with van der Waals surface area (Å²) in [5.74, 6) is 0.365. The predicted octanol–water partition coefficient (Wildman–Crippen LogP) is 1.96. The normalized spacial score (nSPS) is 17.2. The van der Waals surface area contributed by atoms with Gasteiger partial charge in [-0.15, -0.1) is 0 Å². The number of amidine groups is 1. The largest absolute Gasteiger partial charge is 0.369 e. The molecular formula is C13H13N3O. The van der Waals surface area contributed by atoms with Gasteiger partial charge in [-0.1, -0.05) is 24.3 Å². The van der Waals surface area contributed by atoms with Crippen molar-refractivity contribution in [1.82, 2.24) is 0 Å². The minimum absolute atomic E-state index is 0.365. The summed E-state index contributed by atoms with van der Waals surface area (Å²) in [5, 5.41) is 15.1. The Morgan fingerprint density at radius 3 is 2.65 bits per heavy atom. The number of nitrogens with two attached hydrogens (primary N) is 1. The Bertz CT molecular complexity index is 621. The van der Waals surface area contributed by atoms with Crippen LogP contribution in [0.5, 0.6) is 0 Å². The SMILES string of the molecule is CC(N)(O)C1=Nc2cccc3cccc(c23)N1. The maximum Gasteiger partial charge on any atom is 0.169 e. The lowest BCUT2D eigenvalue weighted by molar-refractivity contribution is 0.140. The van der Waals surface area contributed by atoms with Crippen molar-refractivity contribution in [2.24, 2.45) is 10.7 Å². The molecule has 0 bridgehead atoms. The molecule has 2 aromatic carbocycles. The van der Waals surface area contributed by atoms with Crippen LogP contribution in [0.3, 0.4) is 0 Å². The van der Waals surface area contributed by atoms with Gasteiger partial charge in [0.15, 0.2) is 11.6 Å². The number of nitrogens with zero attached hydrogens (tertiary/aromatic N) is 1. The zero-order valence-corrected chi connectivity index (χ0v) is 9.44. The molecule has 0 saturated carbocycles. The number of aliphatic imine (C=N–C) groups is 1. The first-order valence-electron chi connectivity index (χ1n) is 5.45. The molecule has 0 aliphatic carbocycles. The Hall–Kier alpha value is -1.91. The van der Waals surface area contributed by atoms with Gasteiger partial charge in [-0.25, -0.2) is 4.99 Å². The van der Waals surface area contributed by atoms with Crippen LogP contribution < -0.4 is 11.1 Å². The number of rotatable bonds is 1. The van der Waals surface area contributed by atoms with E-state index in [4.69, 9.17) is 5.73 Å². The van der Waals surface area contributed by atoms with Crippen molar-refractivity contribution in [3.8, 4) is 0 Å². The predicted molar refractivity (Wildman–Crippen MR) is 69.5 cm³/mol. The zero-order chi connectivity index (χ0) is 12.0. The van der Waals surface area contributed by atoms with Crippen LogP contribution in [0.25, 0.3) is 10.8 Å². The molecule has 0 spiro atoms. The molecule has 1 aliphatic heterocycles. The van der Waals surface area contributed by atoms with Gasteiger partial charge in [0.25, 0.3) is 0 Å². The quantitative estimate of drug-likeness (QED) is 0.652. The zero-order valence-electron chi connectivity index (χ0n) is 9.44. The summed E-state index contributed by atoms with van der Waals surface area (Å²) in [4.78, 5) is 4.37. The summed E-state index contributed by atoms with van der Waals surface area (Å²) < 4.78 is 0. The fourth-order valence-electron chi connectivity index (χ4n) is 2.03. The van der Waals surface area contributed by atoms with E-state index in [1.54, 1.807) is 0 Å². The monoisotopic (exact) mass is 227 g/mol. The molecule has 1 aliphatic rings. The molecule has 1 atom stereocenters. The van der Waals surface area contributed by atoms with Crippen LogP contribution in [0.1, 0.15) is 6.92 Å². The van der Waals surface area contributed by atoms with Crippen LogP contribution in [0.4, 0.5) is 11.4 Å². The highest BCUT2D eigenvalue weighted by molar-refractivity contribution is 6.15. The van der Waals surface area contributed by atoms with Crippen LogP contribution in [-0.2, 0) is 0 Å². The van der Waals surface area contributed by atoms with Crippen molar-refractivity contribution >= 4 is 28.0 Å². The van der Waals surface area contributed by atoms with Crippen molar-refractivity contribution in [1.29, 1.82) is 0 Å². The molecule has 4 nitrogen and oxygen atoms in total. The van der Waals surface area contributed by atoms with Gasteiger partial charge in [0, 0.05) is 11.1 Å². The van der Waals surface area contributed by atoms with E-state index in [9.17, 15) is 5.11 Å². The third kappa shape index (κ3) is 1.58. The van der Waals surface area contributed by atoms with Crippen molar-refractivity contribution in [2.45, 2.75) is 12.6 Å². The summed E-state index contributed by atoms with van der Waals surface area (Å²) in [7, 11) is 0. The smallest absolute Gasteiger partial charge is 0.169 e. The number of benzene rings is 2. The van der Waals surface area contributed by atoms with Gasteiger partial charge >= 0.3 is 0 Å². The summed E-state index contributed by atoms with van der Waals surface area (Å²) >= 11 is 0. The molecule has 17 heavy (non-hydrogen) atoms. The molecule has 1 heterocycles. The van der Waals surface area contributed by atoms with Gasteiger partial charge in [0.05, 0.1) is 5.69 Å². The van der Waals surface area contributed by atoms with Gasteiger partial charge in [0.1, 0.15) is 0 Å². The van der Waals surface area contributed by atoms with Gasteiger partial charge in [-0.3, -0.25) is 5.73 Å². The second-order valence-electron chi connectivity index (χ2n) is 4.41. The second-order valence-corrected chi connectivity index (χ2v) is 4.41. The van der Waals surface area contributed by atoms with E-state index in [1.165, 1.54) is 6.92 Å². The van der Waals surface area contributed by atoms with E-state index in [0.29, 0.717) is 5.84 Å². The Morgan fingerprint density at radius 2 is 1.94 bits per heavy atom. The van der Waals surface area contributed by atoms with E-state index >= 15 is 0 Å². The number of aliphatic hydroxyl groups is 1. The molecule has 4 N–H and O–H groups in total. The van der Waals surface area contributed by atoms with Gasteiger partial charge in [-0.2, -0.15) is 0 Å². The number of hydrogen-bond donors (Lipinski definition) is 3. The molecular weight excluding hydrogens is 214 g/mol. The van der Waals surface area contributed by atoms with Crippen molar-refractivity contribution in [2.75, 3.05) is 5.32 Å². The Balaban J connectivity index is 2.30. The number of anilines is 1. The van der Waals surface area contributed by atoms with Crippen LogP contribution in [0, 0.1) is 0 Å². The van der Waals surface area contributed by atoms with Gasteiger partial charge in [-0.05, 0) is 24.4 Å². The standard InChI is InChI=1S/C13H13N3O/c1-13(14,17)12-15-9-6-2-4-8-5-3-7-10(16-12)11(8)9/h2-7,17H,14H2,1H3,(H,15,16). The highest BCUT2D eigenvalue weighted by Gasteiger charge is 2.26. The Labute approximate surface area is 98.8 Å². The average molecular weight is 227 g/mol. The third-order valence-electron chi connectivity index (χ3n) is 2.85. The number of hydrogen-bond acceptors (Lipinski definition) is 4. The lowest BCUT2D eigenvalue weighted by Crippen LogP contribution is -2.48. The van der Waals surface area contributed by atoms with Crippen molar-refractivity contribution in [3.63, 3.8) is 0 Å². The van der Waals surface area contributed by atoms with E-state index < -0.39 is 5.72 Å². The molecule has 3 rings (SSSR count). The van der Waals surface area contributed by atoms with Gasteiger partial charge < -0.3 is 10.4 Å². The molecule has 1 unspecified atom stereocenters. The molecule has 0 saturated heterocycles. The molecule has 0 fully saturated rings. The topological polar surface area (TPSA) is 70.6 Å². The van der Waals surface area contributed by atoms with E-state index in [1.807, 2.05) is 36.4 Å². The van der Waals surface area contributed by atoms with Crippen LogP contribution >= 0.6 is 0 Å². The fraction of sp³-hybridized carbons (Fsp3) is 0.154. The minimum atomic E-state index is -1.46. The third-order valence-corrected chi connectivity index (χ3v) is 2.85. The highest BCUT2D eigenvalue weighted by atomic mass is 16.3. The first-order valence-corrected chi connectivity index (χ1v) is 5.45. The van der Waals surface area contributed by atoms with Crippen LogP contribution in [0.2, 0.25) is 0 Å². The molecule has 0 radical (unpaired) electrons. The molecule has 2 aromatic rings. The lowest BCUT2D eigenvalue weighted by Gasteiger charge is -2.26. The summed E-state index contributed by atoms with van der Waals surface area (Å²) in [6.07, 6.45) is 0. The second kappa shape index (κ2) is 3.29. The van der Waals surface area contributed by atoms with E-state index in [-0.39, 0.29) is 0 Å². The molecule has 0 amide bonds. The van der Waals surface area contributed by atoms with Crippen molar-refractivity contribution in [3.05, 3.63) is 36.4 Å². The highest BCUT2D eigenvalue weighted by Crippen LogP contribution is 2.36. The first-order chi connectivity index (χ1) is 8.05. The van der Waals surface area contributed by atoms with E-state index in [0.717, 1.165) is 22.1 Å². The average Bonchev–Trinajstić information content (AvgIpc) is 2.28. The fourth-order valence-corrected chi connectivity index (χ4v) is 2.03. The Morgan fingerprint density at radius 1 is 1.24 bits per heavy atom. The van der Waals surface area contributed by atoms with Crippen LogP contribution in [0.15, 0.2) is 41.4 Å². The summed E-state index contributed by atoms with van der Waals surface area (Å²) in [6.45, 7) is 1.51. The van der Waals surface area contributed by atoms with Crippen molar-refractivity contribution < 1.29 is 5.11 Å². The first kappa shape index (κ1) is 10.3. The molecule has 86 valence electrons. The summed E-state index contributed by atoms with van der Waals surface area (Å²) in [5.41, 5.74) is 5.95. The number of nitrogens with one attached hydrogen (secondary N) is 1. The minimum Gasteiger partial charge on any atom is -0.369 e. The van der Waals surface area contributed by atoms with E-state index in [2.05, 4.69) is 10.3 Å². The maximum atomic E-state index is 9.81. The lowest BCUT2D eigenvalue weighted by atomic mass is 10.0. The van der Waals surface area contributed by atoms with Gasteiger partial charge in [0.2, 0.25) is 0 Å². The molecule has 4 heteroatoms. The Kier molecular flexibility index (Phi) is 1.98. The van der Waals surface area contributed by atoms with Crippen LogP contribution in [-0.4, -0.2) is 16.7 Å². The summed E-state index contributed by atoms with van der Waals surface area (Å²) in [6, 6.07) is 11.8. The molecule has 0 aromatic heterocycles. The maximum absolute atomic E-state index is 9.81.